The summed E-state index contributed by atoms with van der Waals surface area (Å²) in [5, 5.41) is 9.34. The van der Waals surface area contributed by atoms with Gasteiger partial charge in [-0.3, -0.25) is 4.90 Å². The van der Waals surface area contributed by atoms with Crippen molar-refractivity contribution in [1.29, 1.82) is 0 Å². The molecule has 0 saturated heterocycles. The maximum Gasteiger partial charge on any atom is 0.411 e. The summed E-state index contributed by atoms with van der Waals surface area (Å²) >= 11 is 0. The smallest absolute Gasteiger partial charge is 0.411 e. The normalized spacial score (nSPS) is 15.3. The number of carbonyl (C=O) groups excluding carboxylic acids is 1. The van der Waals surface area contributed by atoms with Crippen LogP contribution in [0.4, 0.5) is 4.79 Å². The molecule has 0 heterocycles. The molecule has 1 aromatic rings. The van der Waals surface area contributed by atoms with Crippen LogP contribution in [0.5, 0.6) is 0 Å². The average molecular weight is 291 g/mol. The molecule has 1 unspecified atom stereocenters. The molecule has 0 radical (unpaired) electrons. The second-order valence-corrected chi connectivity index (χ2v) is 5.32. The lowest BCUT2D eigenvalue weighted by molar-refractivity contribution is -0.143. The number of amides is 1. The van der Waals surface area contributed by atoms with Gasteiger partial charge in [-0.2, -0.15) is 0 Å². The van der Waals surface area contributed by atoms with Crippen LogP contribution < -0.4 is 0 Å². The van der Waals surface area contributed by atoms with Crippen molar-refractivity contribution in [2.75, 3.05) is 0 Å². The van der Waals surface area contributed by atoms with Crippen LogP contribution in [0, 0.1) is 0 Å². The van der Waals surface area contributed by atoms with Crippen molar-refractivity contribution in [3.8, 4) is 0 Å². The number of ether oxygens (including phenoxy) is 1. The Hall–Kier alpha value is -2.04. The van der Waals surface area contributed by atoms with Gasteiger partial charge in [0.25, 0.3) is 0 Å². The van der Waals surface area contributed by atoms with E-state index in [-0.39, 0.29) is 12.6 Å². The first-order valence-electron chi connectivity index (χ1n) is 7.35. The third-order valence-electron chi connectivity index (χ3n) is 3.54. The Bertz CT molecular complexity index is 484. The molecule has 1 amide bonds. The number of rotatable bonds is 7. The molecule has 1 aliphatic rings. The maximum atomic E-state index is 12.3. The van der Waals surface area contributed by atoms with Crippen molar-refractivity contribution >= 4 is 12.1 Å². The summed E-state index contributed by atoms with van der Waals surface area (Å²) in [7, 11) is 0. The van der Waals surface area contributed by atoms with Crippen LogP contribution in [-0.2, 0) is 16.1 Å². The van der Waals surface area contributed by atoms with E-state index in [1.807, 2.05) is 37.3 Å². The summed E-state index contributed by atoms with van der Waals surface area (Å²) in [4.78, 5) is 25.1. The molecule has 5 heteroatoms. The summed E-state index contributed by atoms with van der Waals surface area (Å²) in [6.07, 6.45) is 2.35. The lowest BCUT2D eigenvalue weighted by atomic mass is 10.1. The highest BCUT2D eigenvalue weighted by Gasteiger charge is 2.41. The minimum absolute atomic E-state index is 0.0147. The molecule has 0 aliphatic heterocycles. The van der Waals surface area contributed by atoms with Gasteiger partial charge >= 0.3 is 12.1 Å². The second kappa shape index (κ2) is 7.11. The van der Waals surface area contributed by atoms with Crippen LogP contribution in [0.1, 0.15) is 38.2 Å². The molecule has 1 N–H and O–H groups in total. The molecule has 0 bridgehead atoms. The van der Waals surface area contributed by atoms with Crippen molar-refractivity contribution < 1.29 is 19.4 Å². The quantitative estimate of drug-likeness (QED) is 0.838. The fraction of sp³-hybridized carbons (Fsp3) is 0.500. The number of carboxylic acids is 1. The minimum atomic E-state index is -0.958. The van der Waals surface area contributed by atoms with Gasteiger partial charge in [-0.1, -0.05) is 43.7 Å². The summed E-state index contributed by atoms with van der Waals surface area (Å²) < 4.78 is 5.29. The van der Waals surface area contributed by atoms with Crippen LogP contribution in [0.25, 0.3) is 0 Å². The molecule has 2 rings (SSSR count). The number of aliphatic carboxylic acids is 1. The summed E-state index contributed by atoms with van der Waals surface area (Å²) in [5.74, 6) is -0.958. The van der Waals surface area contributed by atoms with Gasteiger partial charge in [-0.05, 0) is 24.8 Å². The van der Waals surface area contributed by atoms with Gasteiger partial charge in [0.15, 0.2) is 0 Å². The zero-order valence-corrected chi connectivity index (χ0v) is 12.2. The van der Waals surface area contributed by atoms with Crippen molar-refractivity contribution in [1.82, 2.24) is 4.90 Å². The predicted octanol–water partition coefficient (Wildman–Crippen LogP) is 3.04. The highest BCUT2D eigenvalue weighted by molar-refractivity contribution is 5.80. The van der Waals surface area contributed by atoms with Crippen molar-refractivity contribution in [3.05, 3.63) is 35.9 Å². The van der Waals surface area contributed by atoms with Gasteiger partial charge < -0.3 is 9.84 Å². The number of nitrogens with zero attached hydrogens (tertiary/aromatic N) is 1. The van der Waals surface area contributed by atoms with Crippen LogP contribution in [0.15, 0.2) is 30.3 Å². The number of carboxylic acid groups (broad SMARTS) is 1. The fourth-order valence-electron chi connectivity index (χ4n) is 2.33. The molecule has 1 atom stereocenters. The Kier molecular flexibility index (Phi) is 5.20. The van der Waals surface area contributed by atoms with E-state index >= 15 is 0 Å². The third-order valence-corrected chi connectivity index (χ3v) is 3.54. The molecule has 21 heavy (non-hydrogen) atoms. The first kappa shape index (κ1) is 15.4. The van der Waals surface area contributed by atoms with E-state index in [1.54, 1.807) is 0 Å². The number of benzene rings is 1. The molecule has 0 spiro atoms. The Morgan fingerprint density at radius 1 is 1.33 bits per heavy atom. The van der Waals surface area contributed by atoms with Gasteiger partial charge in [-0.25, -0.2) is 9.59 Å². The Balaban J connectivity index is 2.00. The average Bonchev–Trinajstić information content (AvgIpc) is 3.30. The number of hydrogen-bond donors (Lipinski definition) is 1. The zero-order chi connectivity index (χ0) is 15.2. The monoisotopic (exact) mass is 291 g/mol. The summed E-state index contributed by atoms with van der Waals surface area (Å²) in [6, 6.07) is 8.61. The van der Waals surface area contributed by atoms with E-state index < -0.39 is 18.1 Å². The summed E-state index contributed by atoms with van der Waals surface area (Å²) in [6.45, 7) is 2.08. The Morgan fingerprint density at radius 2 is 2.00 bits per heavy atom. The largest absolute Gasteiger partial charge is 0.480 e. The maximum absolute atomic E-state index is 12.3. The molecule has 1 aromatic carbocycles. The molecule has 114 valence electrons. The molecular weight excluding hydrogens is 270 g/mol. The Labute approximate surface area is 124 Å². The molecular formula is C16H21NO4. The zero-order valence-electron chi connectivity index (χ0n) is 12.2. The first-order valence-corrected chi connectivity index (χ1v) is 7.35. The van der Waals surface area contributed by atoms with Crippen LogP contribution in [0.2, 0.25) is 0 Å². The van der Waals surface area contributed by atoms with E-state index in [2.05, 4.69) is 0 Å². The Morgan fingerprint density at radius 3 is 2.52 bits per heavy atom. The fourth-order valence-corrected chi connectivity index (χ4v) is 2.33. The van der Waals surface area contributed by atoms with Gasteiger partial charge in [0.05, 0.1) is 0 Å². The van der Waals surface area contributed by atoms with Crippen LogP contribution in [-0.4, -0.2) is 34.2 Å². The van der Waals surface area contributed by atoms with E-state index in [0.29, 0.717) is 12.8 Å². The van der Waals surface area contributed by atoms with E-state index in [9.17, 15) is 14.7 Å². The number of hydrogen-bond acceptors (Lipinski definition) is 3. The van der Waals surface area contributed by atoms with Crippen molar-refractivity contribution in [3.63, 3.8) is 0 Å². The van der Waals surface area contributed by atoms with Crippen LogP contribution >= 0.6 is 0 Å². The van der Waals surface area contributed by atoms with E-state index in [4.69, 9.17) is 4.74 Å². The predicted molar refractivity (Wildman–Crippen MR) is 77.8 cm³/mol. The van der Waals surface area contributed by atoms with Crippen LogP contribution in [0.3, 0.4) is 0 Å². The molecule has 1 aliphatic carbocycles. The van der Waals surface area contributed by atoms with E-state index in [1.165, 1.54) is 4.90 Å². The van der Waals surface area contributed by atoms with Crippen molar-refractivity contribution in [2.45, 2.75) is 51.3 Å². The first-order chi connectivity index (χ1) is 10.1. The lowest BCUT2D eigenvalue weighted by Gasteiger charge is -2.28. The standard InChI is InChI=1S/C16H21NO4/c1-2-6-14(15(18)19)17(13-9-10-13)16(20)21-11-12-7-4-3-5-8-12/h3-5,7-8,13-14H,2,6,9-11H2,1H3,(H,18,19). The lowest BCUT2D eigenvalue weighted by Crippen LogP contribution is -2.46. The molecule has 5 nitrogen and oxygen atoms in total. The van der Waals surface area contributed by atoms with Gasteiger partial charge in [0.2, 0.25) is 0 Å². The SMILES string of the molecule is CCCC(C(=O)O)N(C(=O)OCc1ccccc1)C1CC1. The molecule has 0 aromatic heterocycles. The highest BCUT2D eigenvalue weighted by Crippen LogP contribution is 2.30. The number of carbonyl (C=O) groups is 2. The van der Waals surface area contributed by atoms with Gasteiger partial charge in [-0.15, -0.1) is 0 Å². The minimum Gasteiger partial charge on any atom is -0.480 e. The third kappa shape index (κ3) is 4.21. The molecule has 1 fully saturated rings. The molecule has 1 saturated carbocycles. The van der Waals surface area contributed by atoms with Gasteiger partial charge in [0, 0.05) is 6.04 Å². The topological polar surface area (TPSA) is 66.8 Å². The van der Waals surface area contributed by atoms with Gasteiger partial charge in [0.1, 0.15) is 12.6 Å². The second-order valence-electron chi connectivity index (χ2n) is 5.32. The summed E-state index contributed by atoms with van der Waals surface area (Å²) in [5.41, 5.74) is 0.893. The highest BCUT2D eigenvalue weighted by atomic mass is 16.6. The van der Waals surface area contributed by atoms with Crippen molar-refractivity contribution in [2.24, 2.45) is 0 Å². The van der Waals surface area contributed by atoms with E-state index in [0.717, 1.165) is 18.4 Å².